The molecule has 390 valence electrons. The van der Waals surface area contributed by atoms with Gasteiger partial charge < -0.3 is 38.9 Å². The number of fused-ring (bicyclic) bond motifs is 8. The van der Waals surface area contributed by atoms with Crippen molar-refractivity contribution in [1.82, 2.24) is 19.9 Å². The van der Waals surface area contributed by atoms with Gasteiger partial charge in [-0.25, -0.2) is 0 Å². The number of hydrogen-bond acceptors (Lipinski definition) is 4. The highest BCUT2D eigenvalue weighted by Gasteiger charge is 2.19. The minimum atomic E-state index is 0.646. The number of aromatic amines is 4. The molecule has 4 N–H and O–H groups in total. The van der Waals surface area contributed by atoms with Gasteiger partial charge in [0.15, 0.2) is 0 Å². The summed E-state index contributed by atoms with van der Waals surface area (Å²) in [6.07, 6.45) is 14.4. The van der Waals surface area contributed by atoms with Crippen LogP contribution in [0.25, 0.3) is 22.3 Å². The summed E-state index contributed by atoms with van der Waals surface area (Å²) in [7, 11) is 0. The fraction of sp³-hybridized carbons (Fsp3) is 0.312. The maximum absolute atomic E-state index is 6.34. The molecule has 9 rings (SSSR count). The zero-order valence-corrected chi connectivity index (χ0v) is 47.8. The molecular formula is C64H69Br3N4O4. The highest BCUT2D eigenvalue weighted by molar-refractivity contribution is 9.09. The lowest BCUT2D eigenvalue weighted by atomic mass is 10.0. The molecule has 0 spiro atoms. The van der Waals surface area contributed by atoms with Crippen LogP contribution in [0.1, 0.15) is 129 Å². The van der Waals surface area contributed by atoms with Gasteiger partial charge in [0.2, 0.25) is 0 Å². The number of halogens is 3. The van der Waals surface area contributed by atoms with Crippen molar-refractivity contribution in [3.05, 3.63) is 212 Å². The third-order valence-corrected chi connectivity index (χ3v) is 15.3. The standard InChI is InChI=1S/C64H69Br3N4O4/c1-2-3-4-5-6-7-8-9-10-41-72-49-22-14-45(15-23-49)61-53-30-32-55(68-53)62(46-16-24-50(25-17-46)73-42-11-38-65)57-34-36-59(70-57)64(48-20-28-52(29-21-48)75-44-13-40-67)60-37-35-58(71-60)63(56-33-31-54(61)69-56)47-18-26-51(27-19-47)74-43-12-39-66/h14-37,68-71H,2-13,38-44H2,1H3. The highest BCUT2D eigenvalue weighted by atomic mass is 79.9. The van der Waals surface area contributed by atoms with Crippen molar-refractivity contribution in [1.29, 1.82) is 0 Å². The van der Waals surface area contributed by atoms with Gasteiger partial charge in [-0.3, -0.25) is 0 Å². The maximum Gasteiger partial charge on any atom is 0.119 e. The molecule has 75 heavy (non-hydrogen) atoms. The molecule has 8 bridgehead atoms. The number of aromatic nitrogens is 4. The van der Waals surface area contributed by atoms with Gasteiger partial charge in [0, 0.05) is 82.5 Å². The van der Waals surface area contributed by atoms with E-state index in [4.69, 9.17) is 18.9 Å². The lowest BCUT2D eigenvalue weighted by molar-refractivity contribution is 0.304. The molecule has 5 heterocycles. The van der Waals surface area contributed by atoms with Gasteiger partial charge in [-0.15, -0.1) is 0 Å². The number of unbranched alkanes of at least 4 members (excludes halogenated alkanes) is 8. The molecule has 0 aliphatic carbocycles. The molecule has 8 nitrogen and oxygen atoms in total. The van der Waals surface area contributed by atoms with Crippen molar-refractivity contribution in [2.45, 2.75) is 84.0 Å². The van der Waals surface area contributed by atoms with Gasteiger partial charge in [0.05, 0.1) is 26.4 Å². The highest BCUT2D eigenvalue weighted by Crippen LogP contribution is 2.31. The molecule has 0 amide bonds. The zero-order chi connectivity index (χ0) is 51.6. The first-order valence-corrected chi connectivity index (χ1v) is 30.3. The molecule has 0 saturated carbocycles. The van der Waals surface area contributed by atoms with Gasteiger partial charge >= 0.3 is 0 Å². The average Bonchev–Trinajstić information content (AvgIpc) is 4.31. The van der Waals surface area contributed by atoms with Crippen LogP contribution in [0.4, 0.5) is 0 Å². The predicted octanol–water partition coefficient (Wildman–Crippen LogP) is 13.7. The van der Waals surface area contributed by atoms with Crippen LogP contribution in [0.15, 0.2) is 146 Å². The molecule has 8 aromatic rings. The minimum absolute atomic E-state index is 0.646. The summed E-state index contributed by atoms with van der Waals surface area (Å²) in [5, 5.41) is 6.58. The van der Waals surface area contributed by atoms with E-state index in [1.165, 1.54) is 51.4 Å². The molecule has 0 unspecified atom stereocenters. The van der Waals surface area contributed by atoms with E-state index in [1.807, 2.05) is 0 Å². The van der Waals surface area contributed by atoms with E-state index in [-0.39, 0.29) is 0 Å². The van der Waals surface area contributed by atoms with Gasteiger partial charge in [-0.05, 0) is 145 Å². The van der Waals surface area contributed by atoms with Crippen LogP contribution < -0.4 is 40.3 Å². The predicted molar refractivity (Wildman–Crippen MR) is 318 cm³/mol. The summed E-state index contributed by atoms with van der Waals surface area (Å²) in [6, 6.07) is 51.5. The normalized spacial score (nSPS) is 12.4. The Labute approximate surface area is 467 Å². The summed E-state index contributed by atoms with van der Waals surface area (Å²) >= 11 is 10.6. The lowest BCUT2D eigenvalue weighted by Crippen LogP contribution is -2.19. The van der Waals surface area contributed by atoms with E-state index in [9.17, 15) is 0 Å². The van der Waals surface area contributed by atoms with E-state index in [2.05, 4.69) is 220 Å². The zero-order valence-electron chi connectivity index (χ0n) is 43.1. The quantitative estimate of drug-likeness (QED) is 0.0304. The number of alkyl halides is 3. The maximum atomic E-state index is 6.34. The van der Waals surface area contributed by atoms with E-state index >= 15 is 0 Å². The van der Waals surface area contributed by atoms with Gasteiger partial charge in [0.25, 0.3) is 0 Å². The molecule has 4 aromatic carbocycles. The third-order valence-electron chi connectivity index (χ3n) is 13.6. The first-order chi connectivity index (χ1) is 37.0. The van der Waals surface area contributed by atoms with Crippen molar-refractivity contribution in [2.75, 3.05) is 42.4 Å². The largest absolute Gasteiger partial charge is 0.494 e. The van der Waals surface area contributed by atoms with Gasteiger partial charge in [-0.2, -0.15) is 0 Å². The first-order valence-electron chi connectivity index (χ1n) is 26.9. The smallest absolute Gasteiger partial charge is 0.119 e. The van der Waals surface area contributed by atoms with E-state index < -0.39 is 0 Å². The molecule has 0 fully saturated rings. The topological polar surface area (TPSA) is 100 Å². The van der Waals surface area contributed by atoms with E-state index in [0.29, 0.717) is 19.8 Å². The number of rotatable bonds is 27. The summed E-state index contributed by atoms with van der Waals surface area (Å²) in [4.78, 5) is 15.7. The number of hydrogen-bond donors (Lipinski definition) is 4. The fourth-order valence-corrected chi connectivity index (χ4v) is 10.5. The molecule has 4 aromatic heterocycles. The number of ether oxygens (including phenoxy) is 4. The molecule has 1 aliphatic rings. The number of benzene rings is 4. The SMILES string of the molecule is CCCCCCCCCCCOc1ccc(C2=c3ccc([nH]3)=C(c3ccc(OCCCBr)cc3)c3ccc([nH]3)C(c3ccc(OCCCBr)cc3)=c3ccc([nH]3)=C(c3ccc(OCCCBr)cc3)c3ccc2[nH]3)cc1. The second-order valence-electron chi connectivity index (χ2n) is 19.1. The number of nitrogens with one attached hydrogen (secondary N) is 4. The molecule has 0 atom stereocenters. The molecule has 1 aliphatic heterocycles. The van der Waals surface area contributed by atoms with Crippen LogP contribution in [0, 0.1) is 0 Å². The van der Waals surface area contributed by atoms with Crippen LogP contribution in [0.2, 0.25) is 0 Å². The second kappa shape index (κ2) is 27.8. The third kappa shape index (κ3) is 14.1. The van der Waals surface area contributed by atoms with Crippen LogP contribution in [0.5, 0.6) is 23.0 Å². The summed E-state index contributed by atoms with van der Waals surface area (Å²) in [6.45, 7) is 4.93. The van der Waals surface area contributed by atoms with Crippen LogP contribution in [-0.4, -0.2) is 62.4 Å². The Bertz CT molecular complexity index is 3300. The Morgan fingerprint density at radius 2 is 0.533 bits per heavy atom. The molecule has 0 radical (unpaired) electrons. The average molecular weight is 1200 g/mol. The van der Waals surface area contributed by atoms with Crippen molar-refractivity contribution >= 4 is 70.1 Å². The Balaban J connectivity index is 1.18. The van der Waals surface area contributed by atoms with Gasteiger partial charge in [-0.1, -0.05) is 155 Å². The fourth-order valence-electron chi connectivity index (χ4n) is 9.78. The van der Waals surface area contributed by atoms with Crippen molar-refractivity contribution < 1.29 is 18.9 Å². The molecule has 11 heteroatoms. The molecule has 0 saturated heterocycles. The van der Waals surface area contributed by atoms with E-state index in [1.54, 1.807) is 0 Å². The Kier molecular flexibility index (Phi) is 20.0. The summed E-state index contributed by atoms with van der Waals surface area (Å²) in [5.74, 6) is 3.41. The van der Waals surface area contributed by atoms with Crippen molar-refractivity contribution in [2.24, 2.45) is 0 Å². The first kappa shape index (κ1) is 53.9. The van der Waals surface area contributed by atoms with E-state index in [0.717, 1.165) is 160 Å². The van der Waals surface area contributed by atoms with Gasteiger partial charge in [0.1, 0.15) is 23.0 Å². The lowest BCUT2D eigenvalue weighted by Gasteiger charge is -2.12. The van der Waals surface area contributed by atoms with Crippen molar-refractivity contribution in [3.63, 3.8) is 0 Å². The summed E-state index contributed by atoms with van der Waals surface area (Å²) < 4.78 is 24.7. The Morgan fingerprint density at radius 1 is 0.280 bits per heavy atom. The van der Waals surface area contributed by atoms with Crippen LogP contribution in [-0.2, 0) is 0 Å². The number of H-pyrrole nitrogens is 4. The molecular weight excluding hydrogens is 1130 g/mol. The van der Waals surface area contributed by atoms with Crippen LogP contribution >= 0.6 is 47.8 Å². The Hall–Kier alpha value is -5.88. The minimum Gasteiger partial charge on any atom is -0.494 e. The van der Waals surface area contributed by atoms with Crippen molar-refractivity contribution in [3.8, 4) is 23.0 Å². The second-order valence-corrected chi connectivity index (χ2v) is 21.5. The Morgan fingerprint density at radius 3 is 0.800 bits per heavy atom. The van der Waals surface area contributed by atoms with Crippen LogP contribution in [0.3, 0.4) is 0 Å². The summed E-state index contributed by atoms with van der Waals surface area (Å²) in [5.41, 5.74) is 12.3. The monoisotopic (exact) mass is 1190 g/mol.